The van der Waals surface area contributed by atoms with Crippen molar-refractivity contribution in [2.75, 3.05) is 0 Å². The Labute approximate surface area is 181 Å². The van der Waals surface area contributed by atoms with Gasteiger partial charge in [0.1, 0.15) is 0 Å². The van der Waals surface area contributed by atoms with Crippen LogP contribution in [-0.4, -0.2) is 16.7 Å². The molecule has 0 spiro atoms. The summed E-state index contributed by atoms with van der Waals surface area (Å²) < 4.78 is 9.75. The molecule has 0 aromatic heterocycles. The second-order valence-electron chi connectivity index (χ2n) is 8.52. The predicted molar refractivity (Wildman–Crippen MR) is 121 cm³/mol. The number of carbonyl (C=O) groups excluding carboxylic acids is 1. The van der Waals surface area contributed by atoms with E-state index < -0.39 is 5.89 Å². The molecular weight excluding hydrogens is 366 g/mol. The Morgan fingerprint density at radius 3 is 1.67 bits per heavy atom. The number of benzene rings is 3. The standard InChI is InChI=1S/C28H29NO/c30-28(23-17-9-3-10-18-23)25-26(21-13-5-1-6-14-21)29(24-19-11-4-12-20-24)27(25)22-15-7-2-8-16-22/h1-3,5-10,13-18,24-27H,4,11-12,19-20H2/t25?,26-,27+/i25D. The van der Waals surface area contributed by atoms with E-state index in [1.807, 2.05) is 66.7 Å². The molecule has 0 amide bonds. The van der Waals surface area contributed by atoms with E-state index in [-0.39, 0.29) is 17.9 Å². The minimum atomic E-state index is -1.26. The zero-order valence-corrected chi connectivity index (χ0v) is 17.3. The van der Waals surface area contributed by atoms with Gasteiger partial charge in [-0.1, -0.05) is 110 Å². The monoisotopic (exact) mass is 396 g/mol. The van der Waals surface area contributed by atoms with E-state index in [1.165, 1.54) is 19.3 Å². The van der Waals surface area contributed by atoms with Gasteiger partial charge < -0.3 is 0 Å². The van der Waals surface area contributed by atoms with Crippen molar-refractivity contribution in [1.82, 2.24) is 4.90 Å². The average molecular weight is 397 g/mol. The number of Topliss-reactive ketones (excluding diaryl/α,β-unsaturated/α-hetero) is 1. The summed E-state index contributed by atoms with van der Waals surface area (Å²) in [5, 5.41) is 0. The number of hydrogen-bond acceptors (Lipinski definition) is 2. The van der Waals surface area contributed by atoms with Gasteiger partial charge >= 0.3 is 0 Å². The number of carbonyl (C=O) groups is 1. The minimum absolute atomic E-state index is 0.0807. The zero-order valence-electron chi connectivity index (χ0n) is 18.3. The van der Waals surface area contributed by atoms with Crippen LogP contribution in [0.4, 0.5) is 0 Å². The first kappa shape index (κ1) is 18.1. The van der Waals surface area contributed by atoms with Crippen molar-refractivity contribution < 1.29 is 6.17 Å². The van der Waals surface area contributed by atoms with Crippen LogP contribution in [-0.2, 0) is 0 Å². The third-order valence-electron chi connectivity index (χ3n) is 6.71. The van der Waals surface area contributed by atoms with Crippen LogP contribution in [0.2, 0.25) is 0 Å². The lowest BCUT2D eigenvalue weighted by Gasteiger charge is -2.59. The Kier molecular flexibility index (Phi) is 5.17. The molecule has 0 radical (unpaired) electrons. The highest BCUT2D eigenvalue weighted by Gasteiger charge is 2.55. The highest BCUT2D eigenvalue weighted by molar-refractivity contribution is 5.99. The summed E-state index contributed by atoms with van der Waals surface area (Å²) >= 11 is 0. The van der Waals surface area contributed by atoms with Gasteiger partial charge in [-0.3, -0.25) is 9.69 Å². The number of hydrogen-bond donors (Lipinski definition) is 0. The first-order chi connectivity index (χ1) is 15.2. The van der Waals surface area contributed by atoms with Crippen molar-refractivity contribution in [3.05, 3.63) is 108 Å². The van der Waals surface area contributed by atoms with Gasteiger partial charge in [0, 0.05) is 25.1 Å². The molecule has 1 aliphatic carbocycles. The van der Waals surface area contributed by atoms with Crippen LogP contribution in [0.15, 0.2) is 91.0 Å². The van der Waals surface area contributed by atoms with E-state index in [2.05, 4.69) is 29.2 Å². The molecule has 0 N–H and O–H groups in total. The normalized spacial score (nSPS) is 27.8. The molecular formula is C28H29NO. The lowest BCUT2D eigenvalue weighted by molar-refractivity contribution is -0.0856. The van der Waals surface area contributed by atoms with Crippen molar-refractivity contribution >= 4 is 5.78 Å². The van der Waals surface area contributed by atoms with E-state index in [0.29, 0.717) is 11.6 Å². The summed E-state index contributed by atoms with van der Waals surface area (Å²) in [6.45, 7) is 0. The predicted octanol–water partition coefficient (Wildman–Crippen LogP) is 6.62. The van der Waals surface area contributed by atoms with E-state index in [9.17, 15) is 6.17 Å². The first-order valence-electron chi connectivity index (χ1n) is 11.7. The number of likely N-dealkylation sites (tertiary alicyclic amines) is 1. The Morgan fingerprint density at radius 2 is 1.17 bits per heavy atom. The molecule has 1 heterocycles. The summed E-state index contributed by atoms with van der Waals surface area (Å²) in [6.07, 6.45) is 6.01. The van der Waals surface area contributed by atoms with Gasteiger partial charge in [-0.15, -0.1) is 0 Å². The highest BCUT2D eigenvalue weighted by atomic mass is 16.1. The topological polar surface area (TPSA) is 20.3 Å². The lowest BCUT2D eigenvalue weighted by Crippen LogP contribution is -2.59. The fraction of sp³-hybridized carbons (Fsp3) is 0.321. The van der Waals surface area contributed by atoms with Crippen molar-refractivity contribution in [3.63, 3.8) is 0 Å². The molecule has 5 rings (SSSR count). The lowest BCUT2D eigenvalue weighted by atomic mass is 9.68. The maximum atomic E-state index is 13.9. The fourth-order valence-corrected chi connectivity index (χ4v) is 5.32. The fourth-order valence-electron chi connectivity index (χ4n) is 5.32. The van der Waals surface area contributed by atoms with Gasteiger partial charge in [0.15, 0.2) is 5.78 Å². The summed E-state index contributed by atoms with van der Waals surface area (Å²) in [4.78, 5) is 16.4. The number of nitrogens with zero attached hydrogens (tertiary/aromatic N) is 1. The van der Waals surface area contributed by atoms with Gasteiger partial charge in [-0.25, -0.2) is 0 Å². The van der Waals surface area contributed by atoms with Crippen molar-refractivity contribution in [2.45, 2.75) is 50.2 Å². The molecule has 1 saturated carbocycles. The van der Waals surface area contributed by atoms with Crippen LogP contribution in [0.25, 0.3) is 0 Å². The number of rotatable bonds is 5. The summed E-state index contributed by atoms with van der Waals surface area (Å²) in [7, 11) is 0. The Hall–Kier alpha value is -2.71. The van der Waals surface area contributed by atoms with E-state index in [0.717, 1.165) is 24.0 Å². The molecule has 0 bridgehead atoms. The molecule has 1 unspecified atom stereocenters. The first-order valence-corrected chi connectivity index (χ1v) is 11.2. The maximum Gasteiger partial charge on any atom is 0.169 e. The molecule has 152 valence electrons. The van der Waals surface area contributed by atoms with Crippen molar-refractivity contribution in [1.29, 1.82) is 0 Å². The van der Waals surface area contributed by atoms with E-state index in [1.54, 1.807) is 0 Å². The number of ketones is 1. The van der Waals surface area contributed by atoms with E-state index >= 15 is 0 Å². The van der Waals surface area contributed by atoms with Crippen LogP contribution in [0.5, 0.6) is 0 Å². The molecule has 3 aromatic rings. The largest absolute Gasteiger partial charge is 0.294 e. The zero-order chi connectivity index (χ0) is 21.3. The van der Waals surface area contributed by atoms with E-state index in [4.69, 9.17) is 0 Å². The van der Waals surface area contributed by atoms with Gasteiger partial charge in [0.2, 0.25) is 0 Å². The molecule has 2 aliphatic rings. The van der Waals surface area contributed by atoms with Gasteiger partial charge in [0.25, 0.3) is 0 Å². The SMILES string of the molecule is [2H]C1(C(=O)c2ccccc2)[C@H](c2ccccc2)N(C2CCCCC2)[C@@H]1c1ccccc1. The van der Waals surface area contributed by atoms with Crippen LogP contribution >= 0.6 is 0 Å². The molecule has 1 saturated heterocycles. The molecule has 2 heteroatoms. The average Bonchev–Trinajstić information content (AvgIpc) is 2.84. The minimum Gasteiger partial charge on any atom is -0.294 e. The smallest absolute Gasteiger partial charge is 0.169 e. The second-order valence-corrected chi connectivity index (χ2v) is 8.52. The third kappa shape index (κ3) is 3.50. The van der Waals surface area contributed by atoms with Gasteiger partial charge in [-0.05, 0) is 24.0 Å². The quantitative estimate of drug-likeness (QED) is 0.452. The molecule has 1 aliphatic heterocycles. The van der Waals surface area contributed by atoms with Crippen LogP contribution in [0.1, 0.15) is 67.0 Å². The Morgan fingerprint density at radius 1 is 0.700 bits per heavy atom. The summed E-state index contributed by atoms with van der Waals surface area (Å²) in [5.41, 5.74) is 2.77. The Bertz CT molecular complexity index is 967. The van der Waals surface area contributed by atoms with Crippen molar-refractivity contribution in [2.24, 2.45) is 5.89 Å². The molecule has 2 nitrogen and oxygen atoms in total. The molecule has 2 fully saturated rings. The molecule has 30 heavy (non-hydrogen) atoms. The second kappa shape index (κ2) is 8.57. The van der Waals surface area contributed by atoms with Crippen molar-refractivity contribution in [3.8, 4) is 0 Å². The third-order valence-corrected chi connectivity index (χ3v) is 6.71. The summed E-state index contributed by atoms with van der Waals surface area (Å²) in [6, 6.07) is 29.8. The highest BCUT2D eigenvalue weighted by Crippen LogP contribution is 2.56. The van der Waals surface area contributed by atoms with Crippen LogP contribution in [0.3, 0.4) is 0 Å². The Balaban J connectivity index is 1.65. The van der Waals surface area contributed by atoms with Gasteiger partial charge in [-0.2, -0.15) is 0 Å². The maximum absolute atomic E-state index is 13.9. The molecule has 3 aromatic carbocycles. The van der Waals surface area contributed by atoms with Gasteiger partial charge in [0.05, 0.1) is 5.89 Å². The van der Waals surface area contributed by atoms with Crippen LogP contribution < -0.4 is 0 Å². The van der Waals surface area contributed by atoms with Crippen LogP contribution in [0, 0.1) is 5.89 Å². The summed E-state index contributed by atoms with van der Waals surface area (Å²) in [5.74, 6) is -1.34. The molecule has 3 atom stereocenters.